The molecule has 0 spiro atoms. The SMILES string of the molecule is CC/C=C\C/C=C\C/C=C\C/C=C\C/C=C\C/C=C\CCC(=O)NCCOCCNC(=O)c1ccc(C)nc1. The zero-order valence-electron chi connectivity index (χ0n) is 23.8. The number of carbonyl (C=O) groups is 2. The fourth-order valence-electron chi connectivity index (χ4n) is 3.25. The van der Waals surface area contributed by atoms with Gasteiger partial charge in [0, 0.05) is 31.4 Å². The summed E-state index contributed by atoms with van der Waals surface area (Å²) in [6.45, 7) is 5.69. The Balaban J connectivity index is 1.92. The van der Waals surface area contributed by atoms with E-state index in [-0.39, 0.29) is 11.8 Å². The molecule has 1 aromatic heterocycles. The third-order valence-electron chi connectivity index (χ3n) is 5.41. The Bertz CT molecular complexity index is 957. The Morgan fingerprint density at radius 3 is 1.77 bits per heavy atom. The van der Waals surface area contributed by atoms with Crippen molar-refractivity contribution < 1.29 is 14.3 Å². The van der Waals surface area contributed by atoms with Crippen LogP contribution in [0.15, 0.2) is 91.2 Å². The molecule has 0 unspecified atom stereocenters. The zero-order valence-corrected chi connectivity index (χ0v) is 23.8. The summed E-state index contributed by atoms with van der Waals surface area (Å²) in [5.74, 6) is -0.160. The molecule has 1 heterocycles. The number of hydrogen-bond donors (Lipinski definition) is 2. The van der Waals surface area contributed by atoms with Crippen LogP contribution in [0.3, 0.4) is 0 Å². The Morgan fingerprint density at radius 2 is 1.26 bits per heavy atom. The van der Waals surface area contributed by atoms with E-state index in [1.54, 1.807) is 18.3 Å². The first kappa shape index (κ1) is 33.5. The number of nitrogens with zero attached hydrogens (tertiary/aromatic N) is 1. The lowest BCUT2D eigenvalue weighted by molar-refractivity contribution is -0.121. The van der Waals surface area contributed by atoms with Crippen LogP contribution in [0.1, 0.15) is 74.3 Å². The first-order valence-electron chi connectivity index (χ1n) is 14.1. The molecule has 2 amide bonds. The summed E-state index contributed by atoms with van der Waals surface area (Å²) in [5, 5.41) is 5.63. The first-order valence-corrected chi connectivity index (χ1v) is 14.1. The molecule has 0 aliphatic heterocycles. The van der Waals surface area contributed by atoms with Crippen LogP contribution in [-0.2, 0) is 9.53 Å². The topological polar surface area (TPSA) is 80.3 Å². The highest BCUT2D eigenvalue weighted by Gasteiger charge is 2.04. The van der Waals surface area contributed by atoms with Crippen LogP contribution in [0, 0.1) is 6.92 Å². The Morgan fingerprint density at radius 1 is 0.744 bits per heavy atom. The van der Waals surface area contributed by atoms with Gasteiger partial charge < -0.3 is 15.4 Å². The average Bonchev–Trinajstić information content (AvgIpc) is 2.94. The van der Waals surface area contributed by atoms with Crippen LogP contribution in [0.4, 0.5) is 0 Å². The summed E-state index contributed by atoms with van der Waals surface area (Å²) in [4.78, 5) is 28.0. The number of allylic oxidation sites excluding steroid dienone is 12. The quantitative estimate of drug-likeness (QED) is 0.136. The molecule has 212 valence electrons. The van der Waals surface area contributed by atoms with E-state index >= 15 is 0 Å². The van der Waals surface area contributed by atoms with Gasteiger partial charge in [-0.2, -0.15) is 0 Å². The van der Waals surface area contributed by atoms with E-state index in [2.05, 4.69) is 89.4 Å². The van der Waals surface area contributed by atoms with Crippen LogP contribution in [-0.4, -0.2) is 43.1 Å². The Kier molecular flexibility index (Phi) is 21.3. The number of amides is 2. The molecule has 0 atom stereocenters. The van der Waals surface area contributed by atoms with Crippen molar-refractivity contribution in [2.75, 3.05) is 26.3 Å². The fourth-order valence-corrected chi connectivity index (χ4v) is 3.25. The molecule has 0 aromatic carbocycles. The van der Waals surface area contributed by atoms with E-state index in [0.717, 1.165) is 50.6 Å². The van der Waals surface area contributed by atoms with Crippen molar-refractivity contribution in [3.05, 3.63) is 102 Å². The molecule has 1 rings (SSSR count). The van der Waals surface area contributed by atoms with Crippen LogP contribution in [0.2, 0.25) is 0 Å². The number of aryl methyl sites for hydroxylation is 1. The highest BCUT2D eigenvalue weighted by atomic mass is 16.5. The maximum Gasteiger partial charge on any atom is 0.252 e. The van der Waals surface area contributed by atoms with Gasteiger partial charge in [-0.05, 0) is 64.0 Å². The minimum Gasteiger partial charge on any atom is -0.378 e. The van der Waals surface area contributed by atoms with Crippen molar-refractivity contribution in [3.63, 3.8) is 0 Å². The van der Waals surface area contributed by atoms with Crippen LogP contribution >= 0.6 is 0 Å². The molecule has 0 aliphatic carbocycles. The first-order chi connectivity index (χ1) is 19.1. The Hall–Kier alpha value is -3.51. The van der Waals surface area contributed by atoms with Gasteiger partial charge in [0.15, 0.2) is 0 Å². The maximum atomic E-state index is 12.0. The lowest BCUT2D eigenvalue weighted by Crippen LogP contribution is -2.30. The molecule has 0 bridgehead atoms. The van der Waals surface area contributed by atoms with Crippen LogP contribution in [0.25, 0.3) is 0 Å². The highest BCUT2D eigenvalue weighted by molar-refractivity contribution is 5.93. The second kappa shape index (κ2) is 24.8. The molecular weight excluding hydrogens is 486 g/mol. The van der Waals surface area contributed by atoms with Crippen LogP contribution in [0.5, 0.6) is 0 Å². The average molecular weight is 534 g/mol. The van der Waals surface area contributed by atoms with E-state index in [0.29, 0.717) is 38.3 Å². The minimum absolute atomic E-state index is 0.0123. The molecule has 1 aromatic rings. The van der Waals surface area contributed by atoms with Gasteiger partial charge in [0.25, 0.3) is 5.91 Å². The largest absolute Gasteiger partial charge is 0.378 e. The minimum atomic E-state index is -0.172. The number of aromatic nitrogens is 1. The second-order valence-electron chi connectivity index (χ2n) is 8.86. The number of nitrogens with one attached hydrogen (secondary N) is 2. The maximum absolute atomic E-state index is 12.0. The number of ether oxygens (including phenoxy) is 1. The molecule has 0 saturated heterocycles. The second-order valence-corrected chi connectivity index (χ2v) is 8.86. The van der Waals surface area contributed by atoms with Crippen molar-refractivity contribution >= 4 is 11.8 Å². The van der Waals surface area contributed by atoms with Gasteiger partial charge in [0.2, 0.25) is 5.91 Å². The van der Waals surface area contributed by atoms with E-state index < -0.39 is 0 Å². The fraction of sp³-hybridized carbons (Fsp3) is 0.424. The van der Waals surface area contributed by atoms with Gasteiger partial charge in [0.05, 0.1) is 18.8 Å². The summed E-state index contributed by atoms with van der Waals surface area (Å²) in [7, 11) is 0. The molecule has 6 nitrogen and oxygen atoms in total. The van der Waals surface area contributed by atoms with Gasteiger partial charge in [-0.1, -0.05) is 79.8 Å². The molecule has 2 N–H and O–H groups in total. The molecule has 0 aliphatic rings. The third-order valence-corrected chi connectivity index (χ3v) is 5.41. The smallest absolute Gasteiger partial charge is 0.252 e. The molecule has 0 fully saturated rings. The van der Waals surface area contributed by atoms with Gasteiger partial charge >= 0.3 is 0 Å². The summed E-state index contributed by atoms with van der Waals surface area (Å²) in [5.41, 5.74) is 1.40. The number of rotatable bonds is 21. The summed E-state index contributed by atoms with van der Waals surface area (Å²) >= 11 is 0. The molecule has 0 saturated carbocycles. The molecule has 6 heteroatoms. The number of carbonyl (C=O) groups excluding carboxylic acids is 2. The number of hydrogen-bond acceptors (Lipinski definition) is 4. The van der Waals surface area contributed by atoms with Crippen LogP contribution < -0.4 is 10.6 Å². The van der Waals surface area contributed by atoms with Crippen molar-refractivity contribution in [1.29, 1.82) is 0 Å². The van der Waals surface area contributed by atoms with Gasteiger partial charge in [-0.15, -0.1) is 0 Å². The predicted molar refractivity (Wildman–Crippen MR) is 163 cm³/mol. The predicted octanol–water partition coefficient (Wildman–Crippen LogP) is 6.73. The summed E-state index contributed by atoms with van der Waals surface area (Å²) < 4.78 is 5.46. The van der Waals surface area contributed by atoms with E-state index in [9.17, 15) is 9.59 Å². The molecule has 39 heavy (non-hydrogen) atoms. The normalized spacial score (nSPS) is 12.3. The van der Waals surface area contributed by atoms with E-state index in [1.165, 1.54) is 0 Å². The third kappa shape index (κ3) is 21.1. The summed E-state index contributed by atoms with van der Waals surface area (Å²) in [6, 6.07) is 3.55. The van der Waals surface area contributed by atoms with E-state index in [4.69, 9.17) is 4.74 Å². The lowest BCUT2D eigenvalue weighted by Gasteiger charge is -2.07. The number of pyridine rings is 1. The van der Waals surface area contributed by atoms with Crippen molar-refractivity contribution in [2.45, 2.75) is 65.2 Å². The van der Waals surface area contributed by atoms with Gasteiger partial charge in [-0.25, -0.2) is 0 Å². The zero-order chi connectivity index (χ0) is 28.2. The Labute approximate surface area is 235 Å². The monoisotopic (exact) mass is 533 g/mol. The molecular formula is C33H47N3O3. The molecule has 0 radical (unpaired) electrons. The van der Waals surface area contributed by atoms with Gasteiger partial charge in [0.1, 0.15) is 0 Å². The van der Waals surface area contributed by atoms with Crippen molar-refractivity contribution in [1.82, 2.24) is 15.6 Å². The summed E-state index contributed by atoms with van der Waals surface area (Å²) in [6.07, 6.45) is 34.7. The highest BCUT2D eigenvalue weighted by Crippen LogP contribution is 1.99. The van der Waals surface area contributed by atoms with Crippen molar-refractivity contribution in [3.8, 4) is 0 Å². The van der Waals surface area contributed by atoms with Gasteiger partial charge in [-0.3, -0.25) is 14.6 Å². The van der Waals surface area contributed by atoms with Crippen molar-refractivity contribution in [2.24, 2.45) is 0 Å². The lowest BCUT2D eigenvalue weighted by atomic mass is 10.2. The van der Waals surface area contributed by atoms with E-state index in [1.807, 2.05) is 13.0 Å². The standard InChI is InChI=1S/C33H47N3O3/c1-3-4-5-6-7-8-9-10-11-12-13-14-15-16-17-18-19-20-21-22-32(37)34-25-27-39-28-26-35-33(38)31-24-23-30(2)36-29-31/h4-5,7-8,10-11,13-14,16-17,19-20,23-24,29H,3,6,9,12,15,18,21-22,25-28H2,1-2H3,(H,34,37)(H,35,38)/b5-4-,8-7-,11-10-,14-13-,17-16-,20-19-.